The Morgan fingerprint density at radius 1 is 1.45 bits per heavy atom. The lowest BCUT2D eigenvalue weighted by Crippen LogP contribution is -2.49. The number of hydrogen-bond donors (Lipinski definition) is 1. The van der Waals surface area contributed by atoms with Gasteiger partial charge in [-0.2, -0.15) is 13.2 Å². The van der Waals surface area contributed by atoms with Crippen molar-refractivity contribution in [2.45, 2.75) is 50.9 Å². The van der Waals surface area contributed by atoms with Crippen LogP contribution in [0.1, 0.15) is 32.6 Å². The number of piperidine rings is 1. The number of carbonyl (C=O) groups excluding carboxylic acids is 1. The van der Waals surface area contributed by atoms with E-state index in [-0.39, 0.29) is 18.5 Å². The molecule has 1 rings (SSSR count). The standard InChI is InChI=1S/C13H23F3N2O2/c1-3-10-6-4-5-7-18(10)12(20)9-17(2)8-11(19)13(14,15)16/h10-11,19H,3-9H2,1-2H3. The number of alkyl halides is 3. The van der Waals surface area contributed by atoms with Crippen LogP contribution in [0, 0.1) is 0 Å². The van der Waals surface area contributed by atoms with E-state index in [9.17, 15) is 18.0 Å². The van der Waals surface area contributed by atoms with E-state index < -0.39 is 18.8 Å². The number of aliphatic hydroxyl groups excluding tert-OH is 1. The number of hydrogen-bond acceptors (Lipinski definition) is 3. The van der Waals surface area contributed by atoms with Crippen molar-refractivity contribution in [1.82, 2.24) is 9.80 Å². The van der Waals surface area contributed by atoms with Gasteiger partial charge in [-0.25, -0.2) is 0 Å². The van der Waals surface area contributed by atoms with Crippen LogP contribution in [-0.2, 0) is 4.79 Å². The van der Waals surface area contributed by atoms with Gasteiger partial charge in [0.15, 0.2) is 6.10 Å². The van der Waals surface area contributed by atoms with E-state index in [4.69, 9.17) is 5.11 Å². The third-order valence-electron chi connectivity index (χ3n) is 3.69. The van der Waals surface area contributed by atoms with Crippen molar-refractivity contribution in [2.24, 2.45) is 0 Å². The summed E-state index contributed by atoms with van der Waals surface area (Å²) in [6.45, 7) is 2.00. The van der Waals surface area contributed by atoms with Gasteiger partial charge in [0.25, 0.3) is 0 Å². The number of halogens is 3. The van der Waals surface area contributed by atoms with Crippen LogP contribution in [0.15, 0.2) is 0 Å². The summed E-state index contributed by atoms with van der Waals surface area (Å²) in [4.78, 5) is 15.1. The van der Waals surface area contributed by atoms with Gasteiger partial charge in [-0.15, -0.1) is 0 Å². The molecule has 2 unspecified atom stereocenters. The van der Waals surface area contributed by atoms with Crippen LogP contribution < -0.4 is 0 Å². The first-order valence-corrected chi connectivity index (χ1v) is 6.98. The predicted molar refractivity (Wildman–Crippen MR) is 69.2 cm³/mol. The number of aliphatic hydroxyl groups is 1. The van der Waals surface area contributed by atoms with Crippen LogP contribution in [0.3, 0.4) is 0 Å². The van der Waals surface area contributed by atoms with E-state index in [1.807, 2.05) is 6.92 Å². The smallest absolute Gasteiger partial charge is 0.382 e. The van der Waals surface area contributed by atoms with E-state index in [0.29, 0.717) is 6.54 Å². The maximum Gasteiger partial charge on any atom is 0.415 e. The lowest BCUT2D eigenvalue weighted by Gasteiger charge is -2.36. The molecule has 1 heterocycles. The van der Waals surface area contributed by atoms with Gasteiger partial charge in [0, 0.05) is 19.1 Å². The number of amides is 1. The Hall–Kier alpha value is -0.820. The highest BCUT2D eigenvalue weighted by Gasteiger charge is 2.39. The Labute approximate surface area is 117 Å². The maximum atomic E-state index is 12.2. The van der Waals surface area contributed by atoms with Gasteiger partial charge in [-0.05, 0) is 32.7 Å². The maximum absolute atomic E-state index is 12.2. The average molecular weight is 296 g/mol. The van der Waals surface area contributed by atoms with Crippen molar-refractivity contribution in [3.05, 3.63) is 0 Å². The van der Waals surface area contributed by atoms with Gasteiger partial charge in [-0.1, -0.05) is 6.92 Å². The summed E-state index contributed by atoms with van der Waals surface area (Å²) in [5.74, 6) is -0.159. The third-order valence-corrected chi connectivity index (χ3v) is 3.69. The fraction of sp³-hybridized carbons (Fsp3) is 0.923. The molecule has 1 aliphatic heterocycles. The SMILES string of the molecule is CCC1CCCCN1C(=O)CN(C)CC(O)C(F)(F)F. The van der Waals surface area contributed by atoms with Gasteiger partial charge in [0.05, 0.1) is 6.54 Å². The van der Waals surface area contributed by atoms with Crippen LogP contribution in [0.25, 0.3) is 0 Å². The Kier molecular flexibility index (Phi) is 6.26. The van der Waals surface area contributed by atoms with Gasteiger partial charge in [-0.3, -0.25) is 9.69 Å². The summed E-state index contributed by atoms with van der Waals surface area (Å²) in [5, 5.41) is 8.99. The zero-order valence-corrected chi connectivity index (χ0v) is 12.0. The van der Waals surface area contributed by atoms with Crippen molar-refractivity contribution >= 4 is 5.91 Å². The molecule has 0 bridgehead atoms. The molecule has 1 aliphatic rings. The highest BCUT2D eigenvalue weighted by molar-refractivity contribution is 5.78. The zero-order chi connectivity index (χ0) is 15.3. The molecule has 1 N–H and O–H groups in total. The lowest BCUT2D eigenvalue weighted by atomic mass is 10.00. The summed E-state index contributed by atoms with van der Waals surface area (Å²) in [6.07, 6.45) is -3.21. The van der Waals surface area contributed by atoms with Gasteiger partial charge in [0.1, 0.15) is 0 Å². The first kappa shape index (κ1) is 17.2. The Bertz CT molecular complexity index is 323. The Balaban J connectivity index is 2.48. The largest absolute Gasteiger partial charge is 0.415 e. The van der Waals surface area contributed by atoms with Crippen LogP contribution in [0.2, 0.25) is 0 Å². The molecule has 0 radical (unpaired) electrons. The van der Waals surface area contributed by atoms with Crippen LogP contribution in [-0.4, -0.2) is 65.8 Å². The molecular formula is C13H23F3N2O2. The second kappa shape index (κ2) is 7.26. The van der Waals surface area contributed by atoms with Gasteiger partial charge >= 0.3 is 6.18 Å². The lowest BCUT2D eigenvalue weighted by molar-refractivity contribution is -0.207. The minimum absolute atomic E-state index is 0.0936. The summed E-state index contributed by atoms with van der Waals surface area (Å²) in [6, 6.07) is 0.192. The topological polar surface area (TPSA) is 43.8 Å². The van der Waals surface area contributed by atoms with Crippen LogP contribution in [0.4, 0.5) is 13.2 Å². The number of likely N-dealkylation sites (tertiary alicyclic amines) is 1. The van der Waals surface area contributed by atoms with E-state index >= 15 is 0 Å². The molecule has 1 amide bonds. The molecule has 7 heteroatoms. The number of nitrogens with zero attached hydrogens (tertiary/aromatic N) is 2. The quantitative estimate of drug-likeness (QED) is 0.838. The van der Waals surface area contributed by atoms with Crippen molar-refractivity contribution in [1.29, 1.82) is 0 Å². The normalized spacial score (nSPS) is 22.1. The van der Waals surface area contributed by atoms with Crippen LogP contribution in [0.5, 0.6) is 0 Å². The monoisotopic (exact) mass is 296 g/mol. The molecule has 2 atom stereocenters. The van der Waals surface area contributed by atoms with Gasteiger partial charge in [0.2, 0.25) is 5.91 Å². The second-order valence-corrected chi connectivity index (χ2v) is 5.40. The molecule has 0 saturated carbocycles. The van der Waals surface area contributed by atoms with Gasteiger partial charge < -0.3 is 10.0 Å². The third kappa shape index (κ3) is 4.94. The summed E-state index contributed by atoms with van der Waals surface area (Å²) >= 11 is 0. The number of carbonyl (C=O) groups is 1. The van der Waals surface area contributed by atoms with Crippen molar-refractivity contribution in [3.8, 4) is 0 Å². The van der Waals surface area contributed by atoms with Crippen LogP contribution >= 0.6 is 0 Å². The van der Waals surface area contributed by atoms with E-state index in [2.05, 4.69) is 0 Å². The Morgan fingerprint density at radius 2 is 2.10 bits per heavy atom. The molecule has 0 aromatic rings. The molecule has 118 valence electrons. The second-order valence-electron chi connectivity index (χ2n) is 5.40. The highest BCUT2D eigenvalue weighted by atomic mass is 19.4. The summed E-state index contributed by atoms with van der Waals surface area (Å²) < 4.78 is 36.7. The van der Waals surface area contributed by atoms with E-state index in [0.717, 1.165) is 25.7 Å². The molecule has 1 saturated heterocycles. The number of likely N-dealkylation sites (N-methyl/N-ethyl adjacent to an activating group) is 1. The zero-order valence-electron chi connectivity index (χ0n) is 12.0. The molecule has 20 heavy (non-hydrogen) atoms. The molecule has 4 nitrogen and oxygen atoms in total. The summed E-state index contributed by atoms with van der Waals surface area (Å²) in [5.41, 5.74) is 0. The van der Waals surface area contributed by atoms with E-state index in [1.165, 1.54) is 11.9 Å². The molecule has 0 aromatic carbocycles. The fourth-order valence-electron chi connectivity index (χ4n) is 2.54. The average Bonchev–Trinajstić information content (AvgIpc) is 2.37. The van der Waals surface area contributed by atoms with Crippen molar-refractivity contribution < 1.29 is 23.1 Å². The number of rotatable bonds is 5. The minimum Gasteiger partial charge on any atom is -0.382 e. The molecular weight excluding hydrogens is 273 g/mol. The first-order valence-electron chi connectivity index (χ1n) is 6.98. The minimum atomic E-state index is -4.64. The van der Waals surface area contributed by atoms with Crippen molar-refractivity contribution in [3.63, 3.8) is 0 Å². The highest BCUT2D eigenvalue weighted by Crippen LogP contribution is 2.21. The first-order chi connectivity index (χ1) is 9.25. The van der Waals surface area contributed by atoms with Crippen molar-refractivity contribution in [2.75, 3.05) is 26.7 Å². The fourth-order valence-corrected chi connectivity index (χ4v) is 2.54. The molecule has 0 aliphatic carbocycles. The molecule has 1 fully saturated rings. The molecule has 0 spiro atoms. The summed E-state index contributed by atoms with van der Waals surface area (Å²) in [7, 11) is 1.41. The Morgan fingerprint density at radius 3 is 2.65 bits per heavy atom. The molecule has 0 aromatic heterocycles. The van der Waals surface area contributed by atoms with E-state index in [1.54, 1.807) is 4.90 Å². The predicted octanol–water partition coefficient (Wildman–Crippen LogP) is 1.63.